The van der Waals surface area contributed by atoms with E-state index in [1.807, 2.05) is 16.9 Å². The lowest BCUT2D eigenvalue weighted by atomic mass is 9.92. The van der Waals surface area contributed by atoms with E-state index in [4.69, 9.17) is 0 Å². The number of fused-ring (bicyclic) bond motifs is 1. The molecule has 0 saturated carbocycles. The molecule has 1 unspecified atom stereocenters. The van der Waals surface area contributed by atoms with Crippen LogP contribution in [0.2, 0.25) is 0 Å². The predicted molar refractivity (Wildman–Crippen MR) is 83.7 cm³/mol. The van der Waals surface area contributed by atoms with E-state index >= 15 is 0 Å². The summed E-state index contributed by atoms with van der Waals surface area (Å²) in [6.45, 7) is 8.64. The molecule has 5 nitrogen and oxygen atoms in total. The topological polar surface area (TPSA) is 53.7 Å². The lowest BCUT2D eigenvalue weighted by molar-refractivity contribution is 0.208. The lowest BCUT2D eigenvalue weighted by Gasteiger charge is -2.32. The number of nitrogens with zero attached hydrogens (tertiary/aromatic N) is 4. The summed E-state index contributed by atoms with van der Waals surface area (Å²) in [6, 6.07) is 2.14. The van der Waals surface area contributed by atoms with Crippen molar-refractivity contribution in [2.75, 3.05) is 24.6 Å². The number of rotatable bonds is 2. The molecule has 114 valence electrons. The van der Waals surface area contributed by atoms with E-state index in [2.05, 4.69) is 41.8 Å². The molecule has 1 fully saturated rings. The molecular weight excluding hydrogens is 264 g/mol. The van der Waals surface area contributed by atoms with Gasteiger partial charge in [0.15, 0.2) is 5.82 Å². The van der Waals surface area contributed by atoms with Crippen LogP contribution in [-0.2, 0) is 5.41 Å². The summed E-state index contributed by atoms with van der Waals surface area (Å²) < 4.78 is 1.92. The minimum absolute atomic E-state index is 0.0266. The van der Waals surface area contributed by atoms with Crippen molar-refractivity contribution in [2.45, 2.75) is 39.0 Å². The maximum absolute atomic E-state index is 9.42. The zero-order chi connectivity index (χ0) is 15.0. The molecule has 0 amide bonds. The van der Waals surface area contributed by atoms with E-state index in [1.165, 1.54) is 0 Å². The van der Waals surface area contributed by atoms with Crippen molar-refractivity contribution in [1.29, 1.82) is 0 Å². The molecule has 0 radical (unpaired) electrons. The summed E-state index contributed by atoms with van der Waals surface area (Å²) >= 11 is 0. The Balaban J connectivity index is 2.00. The minimum atomic E-state index is 0.0266. The Morgan fingerprint density at radius 1 is 1.38 bits per heavy atom. The Labute approximate surface area is 125 Å². The van der Waals surface area contributed by atoms with Gasteiger partial charge in [-0.1, -0.05) is 20.8 Å². The Morgan fingerprint density at radius 3 is 2.90 bits per heavy atom. The van der Waals surface area contributed by atoms with Crippen molar-refractivity contribution < 1.29 is 5.11 Å². The van der Waals surface area contributed by atoms with Gasteiger partial charge < -0.3 is 10.0 Å². The number of hydrogen-bond donors (Lipinski definition) is 1. The van der Waals surface area contributed by atoms with E-state index in [1.54, 1.807) is 0 Å². The summed E-state index contributed by atoms with van der Waals surface area (Å²) in [5.74, 6) is 1.34. The molecule has 21 heavy (non-hydrogen) atoms. The Morgan fingerprint density at radius 2 is 2.19 bits per heavy atom. The number of hydrogen-bond acceptors (Lipinski definition) is 4. The molecule has 0 spiro atoms. The molecule has 1 aliphatic heterocycles. The first kappa shape index (κ1) is 14.3. The second-order valence-electron chi connectivity index (χ2n) is 7.00. The van der Waals surface area contributed by atoms with Gasteiger partial charge in [-0.25, -0.2) is 9.50 Å². The van der Waals surface area contributed by atoms with E-state index < -0.39 is 0 Å². The van der Waals surface area contributed by atoms with Crippen LogP contribution in [0, 0.1) is 5.92 Å². The molecule has 0 aromatic carbocycles. The van der Waals surface area contributed by atoms with Gasteiger partial charge in [-0.3, -0.25) is 0 Å². The lowest BCUT2D eigenvalue weighted by Crippen LogP contribution is -2.37. The van der Waals surface area contributed by atoms with Gasteiger partial charge in [0.05, 0.1) is 5.69 Å². The number of anilines is 1. The number of piperidine rings is 1. The second-order valence-corrected chi connectivity index (χ2v) is 7.00. The summed E-state index contributed by atoms with van der Waals surface area (Å²) in [5, 5.41) is 14.1. The van der Waals surface area contributed by atoms with Gasteiger partial charge in [-0.2, -0.15) is 5.10 Å². The first-order valence-corrected chi connectivity index (χ1v) is 7.69. The second kappa shape index (κ2) is 5.30. The molecule has 2 aromatic rings. The molecule has 1 saturated heterocycles. The van der Waals surface area contributed by atoms with Crippen LogP contribution < -0.4 is 4.90 Å². The standard InChI is InChI=1S/C16H24N4O/c1-16(2,3)14-9-13-15(17-6-8-20(13)18-14)19-7-4-5-12(10-19)11-21/h6,8-9,12,21H,4-5,7,10-11H2,1-3H3. The Hall–Kier alpha value is -1.62. The van der Waals surface area contributed by atoms with Crippen LogP contribution in [0.5, 0.6) is 0 Å². The van der Waals surface area contributed by atoms with Crippen LogP contribution in [0.15, 0.2) is 18.5 Å². The number of aromatic nitrogens is 3. The zero-order valence-electron chi connectivity index (χ0n) is 13.1. The molecule has 5 heteroatoms. The molecule has 1 atom stereocenters. The van der Waals surface area contributed by atoms with Crippen LogP contribution in [0.4, 0.5) is 5.82 Å². The van der Waals surface area contributed by atoms with Gasteiger partial charge >= 0.3 is 0 Å². The highest BCUT2D eigenvalue weighted by Gasteiger charge is 2.24. The van der Waals surface area contributed by atoms with Crippen molar-refractivity contribution in [2.24, 2.45) is 5.92 Å². The van der Waals surface area contributed by atoms with Gasteiger partial charge in [0.2, 0.25) is 0 Å². The molecule has 2 aromatic heterocycles. The van der Waals surface area contributed by atoms with Crippen LogP contribution in [-0.4, -0.2) is 39.4 Å². The maximum Gasteiger partial charge on any atom is 0.154 e. The third kappa shape index (κ3) is 2.75. The van der Waals surface area contributed by atoms with Gasteiger partial charge in [-0.05, 0) is 24.8 Å². The van der Waals surface area contributed by atoms with Gasteiger partial charge in [0, 0.05) is 37.5 Å². The summed E-state index contributed by atoms with van der Waals surface area (Å²) in [5.41, 5.74) is 2.16. The molecule has 0 bridgehead atoms. The van der Waals surface area contributed by atoms with Crippen molar-refractivity contribution >= 4 is 11.3 Å². The number of aliphatic hydroxyl groups is 1. The maximum atomic E-state index is 9.42. The van der Waals surface area contributed by atoms with Gasteiger partial charge in [0.25, 0.3) is 0 Å². The highest BCUT2D eigenvalue weighted by atomic mass is 16.3. The largest absolute Gasteiger partial charge is 0.396 e. The van der Waals surface area contributed by atoms with Crippen LogP contribution in [0.25, 0.3) is 5.52 Å². The third-order valence-corrected chi connectivity index (χ3v) is 4.21. The monoisotopic (exact) mass is 288 g/mol. The van der Waals surface area contributed by atoms with Gasteiger partial charge in [-0.15, -0.1) is 0 Å². The average molecular weight is 288 g/mol. The quantitative estimate of drug-likeness (QED) is 0.921. The Kier molecular flexibility index (Phi) is 3.61. The highest BCUT2D eigenvalue weighted by Crippen LogP contribution is 2.28. The first-order valence-electron chi connectivity index (χ1n) is 7.69. The zero-order valence-corrected chi connectivity index (χ0v) is 13.1. The molecule has 0 aliphatic carbocycles. The van der Waals surface area contributed by atoms with Crippen molar-refractivity contribution in [3.8, 4) is 0 Å². The molecular formula is C16H24N4O. The predicted octanol–water partition coefficient (Wildman–Crippen LogP) is 2.24. The fourth-order valence-corrected chi connectivity index (χ4v) is 2.92. The summed E-state index contributed by atoms with van der Waals surface area (Å²) in [4.78, 5) is 6.86. The first-order chi connectivity index (χ1) is 9.99. The van der Waals surface area contributed by atoms with E-state index in [0.29, 0.717) is 5.92 Å². The number of aliphatic hydroxyl groups excluding tert-OH is 1. The average Bonchev–Trinajstić information content (AvgIpc) is 2.91. The van der Waals surface area contributed by atoms with Gasteiger partial charge in [0.1, 0.15) is 5.52 Å². The molecule has 1 N–H and O–H groups in total. The summed E-state index contributed by atoms with van der Waals surface area (Å²) in [6.07, 6.45) is 5.92. The summed E-state index contributed by atoms with van der Waals surface area (Å²) in [7, 11) is 0. The van der Waals surface area contributed by atoms with E-state index in [-0.39, 0.29) is 12.0 Å². The van der Waals surface area contributed by atoms with Crippen LogP contribution >= 0.6 is 0 Å². The fourth-order valence-electron chi connectivity index (χ4n) is 2.92. The van der Waals surface area contributed by atoms with Crippen LogP contribution in [0.3, 0.4) is 0 Å². The van der Waals surface area contributed by atoms with Crippen molar-refractivity contribution in [3.63, 3.8) is 0 Å². The highest BCUT2D eigenvalue weighted by molar-refractivity contribution is 5.69. The molecule has 1 aliphatic rings. The Bertz CT molecular complexity index is 629. The van der Waals surface area contributed by atoms with Crippen molar-refractivity contribution in [1.82, 2.24) is 14.6 Å². The molecule has 3 heterocycles. The minimum Gasteiger partial charge on any atom is -0.396 e. The third-order valence-electron chi connectivity index (χ3n) is 4.21. The van der Waals surface area contributed by atoms with Crippen molar-refractivity contribution in [3.05, 3.63) is 24.2 Å². The van der Waals surface area contributed by atoms with E-state index in [0.717, 1.165) is 43.0 Å². The van der Waals surface area contributed by atoms with E-state index in [9.17, 15) is 5.11 Å². The van der Waals surface area contributed by atoms with Crippen LogP contribution in [0.1, 0.15) is 39.3 Å². The molecule has 3 rings (SSSR count). The normalized spacial score (nSPS) is 20.2. The fraction of sp³-hybridized carbons (Fsp3) is 0.625. The SMILES string of the molecule is CC(C)(C)c1cc2c(N3CCCC(CO)C3)nccn2n1. The smallest absolute Gasteiger partial charge is 0.154 e.